The van der Waals surface area contributed by atoms with E-state index in [-0.39, 0.29) is 0 Å². The first-order valence-corrected chi connectivity index (χ1v) is 7.18. The summed E-state index contributed by atoms with van der Waals surface area (Å²) in [5.41, 5.74) is 0.917. The molecule has 0 saturated heterocycles. The molecule has 0 N–H and O–H groups in total. The molecule has 16 heavy (non-hydrogen) atoms. The predicted octanol–water partition coefficient (Wildman–Crippen LogP) is 2.46. The Kier molecular flexibility index (Phi) is 4.77. The Hall–Kier alpha value is -0.580. The molecule has 1 aromatic rings. The fraction of sp³-hybridized carbons (Fsp3) is 0.455. The predicted molar refractivity (Wildman–Crippen MR) is 66.1 cm³/mol. The number of halogens is 1. The minimum absolute atomic E-state index is 0.324. The Morgan fingerprint density at radius 1 is 1.12 bits per heavy atom. The lowest BCUT2D eigenvalue weighted by Crippen LogP contribution is -2.30. The molecule has 0 radical (unpaired) electrons. The molecule has 0 aromatic heterocycles. The Labute approximate surface area is 102 Å². The summed E-state index contributed by atoms with van der Waals surface area (Å²) in [7, 11) is -3.34. The molecule has 0 bridgehead atoms. The third-order valence-corrected chi connectivity index (χ3v) is 4.79. The molecule has 0 aliphatic rings. The van der Waals surface area contributed by atoms with Crippen LogP contribution >= 0.6 is 11.6 Å². The third kappa shape index (κ3) is 2.75. The maximum Gasteiger partial charge on any atom is 0.243 e. The third-order valence-electron chi connectivity index (χ3n) is 2.42. The first kappa shape index (κ1) is 13.5. The average Bonchev–Trinajstić information content (AvgIpc) is 2.30. The second-order valence-corrected chi connectivity index (χ2v) is 5.57. The largest absolute Gasteiger partial charge is 0.243 e. The smallest absolute Gasteiger partial charge is 0.207 e. The van der Waals surface area contributed by atoms with Gasteiger partial charge in [0.05, 0.1) is 4.90 Å². The molecule has 0 atom stereocenters. The number of hydrogen-bond donors (Lipinski definition) is 0. The molecule has 0 heterocycles. The maximum atomic E-state index is 12.1. The number of hydrogen-bond acceptors (Lipinski definition) is 2. The lowest BCUT2D eigenvalue weighted by atomic mass is 10.2. The van der Waals surface area contributed by atoms with Crippen molar-refractivity contribution in [3.63, 3.8) is 0 Å². The van der Waals surface area contributed by atoms with Crippen LogP contribution in [-0.2, 0) is 15.9 Å². The van der Waals surface area contributed by atoms with Crippen LogP contribution in [0.2, 0.25) is 0 Å². The summed E-state index contributed by atoms with van der Waals surface area (Å²) in [6, 6.07) is 6.68. The summed E-state index contributed by atoms with van der Waals surface area (Å²) >= 11 is 5.65. The van der Waals surface area contributed by atoms with Crippen molar-refractivity contribution < 1.29 is 8.42 Å². The van der Waals surface area contributed by atoms with Gasteiger partial charge in [0.2, 0.25) is 10.0 Å². The molecule has 0 fully saturated rings. The van der Waals surface area contributed by atoms with E-state index in [0.29, 0.717) is 23.9 Å². The van der Waals surface area contributed by atoms with Crippen molar-refractivity contribution in [1.82, 2.24) is 4.31 Å². The molecule has 90 valence electrons. The molecular weight excluding hydrogens is 246 g/mol. The molecule has 0 spiro atoms. The Morgan fingerprint density at radius 2 is 1.62 bits per heavy atom. The van der Waals surface area contributed by atoms with E-state index in [1.165, 1.54) is 4.31 Å². The zero-order valence-electron chi connectivity index (χ0n) is 9.48. The van der Waals surface area contributed by atoms with E-state index < -0.39 is 10.0 Å². The molecule has 0 saturated carbocycles. The van der Waals surface area contributed by atoms with Crippen LogP contribution in [0.3, 0.4) is 0 Å². The van der Waals surface area contributed by atoms with Gasteiger partial charge in [0.1, 0.15) is 0 Å². The van der Waals surface area contributed by atoms with Crippen LogP contribution in [0.1, 0.15) is 19.4 Å². The minimum Gasteiger partial charge on any atom is -0.207 e. The van der Waals surface area contributed by atoms with Gasteiger partial charge in [-0.05, 0) is 17.7 Å². The molecule has 1 aromatic carbocycles. The molecule has 0 aliphatic carbocycles. The molecule has 0 unspecified atom stereocenters. The summed E-state index contributed by atoms with van der Waals surface area (Å²) in [5.74, 6) is 0.394. The zero-order chi connectivity index (χ0) is 12.2. The van der Waals surface area contributed by atoms with Gasteiger partial charge in [-0.1, -0.05) is 26.0 Å². The highest BCUT2D eigenvalue weighted by Gasteiger charge is 2.20. The van der Waals surface area contributed by atoms with Crippen molar-refractivity contribution in [3.8, 4) is 0 Å². The van der Waals surface area contributed by atoms with Gasteiger partial charge in [-0.15, -0.1) is 11.6 Å². The molecule has 1 rings (SSSR count). The zero-order valence-corrected chi connectivity index (χ0v) is 11.1. The lowest BCUT2D eigenvalue weighted by Gasteiger charge is -2.18. The molecule has 5 heteroatoms. The summed E-state index contributed by atoms with van der Waals surface area (Å²) in [6.45, 7) is 4.62. The summed E-state index contributed by atoms with van der Waals surface area (Å²) < 4.78 is 25.6. The van der Waals surface area contributed by atoms with E-state index in [1.54, 1.807) is 24.3 Å². The SMILES string of the molecule is CCN(CC)S(=O)(=O)c1ccc(CCl)cc1. The standard InChI is InChI=1S/C11H16ClNO2S/c1-3-13(4-2)16(14,15)11-7-5-10(9-12)6-8-11/h5-8H,3-4,9H2,1-2H3. The second kappa shape index (κ2) is 5.66. The first-order chi connectivity index (χ1) is 7.56. The van der Waals surface area contributed by atoms with E-state index in [4.69, 9.17) is 11.6 Å². The highest BCUT2D eigenvalue weighted by atomic mass is 35.5. The van der Waals surface area contributed by atoms with Crippen LogP contribution in [0.5, 0.6) is 0 Å². The first-order valence-electron chi connectivity index (χ1n) is 5.21. The van der Waals surface area contributed by atoms with Crippen molar-refractivity contribution in [2.45, 2.75) is 24.6 Å². The van der Waals surface area contributed by atoms with Gasteiger partial charge < -0.3 is 0 Å². The van der Waals surface area contributed by atoms with Gasteiger partial charge in [-0.2, -0.15) is 4.31 Å². The topological polar surface area (TPSA) is 37.4 Å². The summed E-state index contributed by atoms with van der Waals surface area (Å²) in [6.07, 6.45) is 0. The van der Waals surface area contributed by atoms with Crippen LogP contribution in [-0.4, -0.2) is 25.8 Å². The number of rotatable bonds is 5. The fourth-order valence-electron chi connectivity index (χ4n) is 1.46. The van der Waals surface area contributed by atoms with Gasteiger partial charge in [-0.3, -0.25) is 0 Å². The highest BCUT2D eigenvalue weighted by Crippen LogP contribution is 2.16. The normalized spacial score (nSPS) is 12.0. The van der Waals surface area contributed by atoms with E-state index in [9.17, 15) is 8.42 Å². The maximum absolute atomic E-state index is 12.1. The van der Waals surface area contributed by atoms with Crippen LogP contribution in [0, 0.1) is 0 Å². The number of sulfonamides is 1. The number of alkyl halides is 1. The van der Waals surface area contributed by atoms with Crippen LogP contribution in [0.15, 0.2) is 29.2 Å². The van der Waals surface area contributed by atoms with E-state index in [0.717, 1.165) is 5.56 Å². The average molecular weight is 262 g/mol. The van der Waals surface area contributed by atoms with E-state index in [1.807, 2.05) is 13.8 Å². The fourth-order valence-corrected chi connectivity index (χ4v) is 3.10. The van der Waals surface area contributed by atoms with Crippen molar-refractivity contribution in [1.29, 1.82) is 0 Å². The van der Waals surface area contributed by atoms with Gasteiger partial charge in [0.15, 0.2) is 0 Å². The van der Waals surface area contributed by atoms with Gasteiger partial charge >= 0.3 is 0 Å². The van der Waals surface area contributed by atoms with Crippen molar-refractivity contribution in [2.75, 3.05) is 13.1 Å². The van der Waals surface area contributed by atoms with E-state index in [2.05, 4.69) is 0 Å². The Bertz CT molecular complexity index is 424. The van der Waals surface area contributed by atoms with Crippen LogP contribution < -0.4 is 0 Å². The monoisotopic (exact) mass is 261 g/mol. The van der Waals surface area contributed by atoms with Gasteiger partial charge in [0.25, 0.3) is 0 Å². The summed E-state index contributed by atoms with van der Waals surface area (Å²) in [4.78, 5) is 0.324. The van der Waals surface area contributed by atoms with Gasteiger partial charge in [-0.25, -0.2) is 8.42 Å². The van der Waals surface area contributed by atoms with Crippen LogP contribution in [0.4, 0.5) is 0 Å². The molecule has 0 amide bonds. The van der Waals surface area contributed by atoms with Crippen molar-refractivity contribution >= 4 is 21.6 Å². The van der Waals surface area contributed by atoms with Crippen LogP contribution in [0.25, 0.3) is 0 Å². The Balaban J connectivity index is 3.07. The summed E-state index contributed by atoms with van der Waals surface area (Å²) in [5, 5.41) is 0. The number of benzene rings is 1. The number of nitrogens with zero attached hydrogens (tertiary/aromatic N) is 1. The highest BCUT2D eigenvalue weighted by molar-refractivity contribution is 7.89. The quantitative estimate of drug-likeness (QED) is 0.764. The molecule has 0 aliphatic heterocycles. The second-order valence-electron chi connectivity index (χ2n) is 3.37. The van der Waals surface area contributed by atoms with E-state index >= 15 is 0 Å². The minimum atomic E-state index is -3.34. The lowest BCUT2D eigenvalue weighted by molar-refractivity contribution is 0.445. The van der Waals surface area contributed by atoms with Gasteiger partial charge in [0, 0.05) is 19.0 Å². The Morgan fingerprint density at radius 3 is 2.00 bits per heavy atom. The van der Waals surface area contributed by atoms with Crippen molar-refractivity contribution in [3.05, 3.63) is 29.8 Å². The molecule has 3 nitrogen and oxygen atoms in total. The molecular formula is C11H16ClNO2S. The van der Waals surface area contributed by atoms with Crippen molar-refractivity contribution in [2.24, 2.45) is 0 Å².